The van der Waals surface area contributed by atoms with Crippen LogP contribution in [0, 0.1) is 5.92 Å². The molecule has 1 atom stereocenters. The molecule has 0 saturated heterocycles. The number of carbonyl (C=O) groups is 1. The molecule has 6 heteroatoms. The van der Waals surface area contributed by atoms with Crippen LogP contribution in [0.25, 0.3) is 0 Å². The van der Waals surface area contributed by atoms with E-state index in [1.165, 1.54) is 0 Å². The van der Waals surface area contributed by atoms with Crippen LogP contribution in [-0.4, -0.2) is 21.0 Å². The van der Waals surface area contributed by atoms with Crippen molar-refractivity contribution >= 4 is 11.7 Å². The Morgan fingerprint density at radius 2 is 1.95 bits per heavy atom. The second-order valence-corrected chi connectivity index (χ2v) is 5.44. The van der Waals surface area contributed by atoms with Crippen LogP contribution >= 0.6 is 0 Å². The van der Waals surface area contributed by atoms with Gasteiger partial charge in [0.05, 0.1) is 24.1 Å². The molecule has 2 heterocycles. The first-order valence-corrected chi connectivity index (χ1v) is 7.54. The summed E-state index contributed by atoms with van der Waals surface area (Å²) in [6.45, 7) is 1.99. The molecule has 114 valence electrons. The Balaban J connectivity index is 1.64. The number of nitrogens with zero attached hydrogens (tertiary/aromatic N) is 3. The molecule has 2 aromatic rings. The van der Waals surface area contributed by atoms with E-state index in [-0.39, 0.29) is 12.1 Å². The average molecular weight is 297 g/mol. The van der Waals surface area contributed by atoms with Crippen molar-refractivity contribution in [2.24, 2.45) is 5.92 Å². The van der Waals surface area contributed by atoms with Gasteiger partial charge in [-0.05, 0) is 36.5 Å². The van der Waals surface area contributed by atoms with E-state index in [2.05, 4.69) is 25.6 Å². The minimum atomic E-state index is -0.235. The van der Waals surface area contributed by atoms with E-state index in [4.69, 9.17) is 0 Å². The number of carbonyl (C=O) groups excluding carboxylic acids is 1. The Bertz CT molecular complexity index is 625. The van der Waals surface area contributed by atoms with Crippen molar-refractivity contribution in [1.82, 2.24) is 20.3 Å². The maximum atomic E-state index is 12.2. The molecule has 1 aliphatic rings. The highest BCUT2D eigenvalue weighted by molar-refractivity contribution is 5.89. The molecule has 2 aromatic heterocycles. The lowest BCUT2D eigenvalue weighted by Gasteiger charge is -2.19. The lowest BCUT2D eigenvalue weighted by molar-refractivity contribution is 0.247. The molecule has 0 spiro atoms. The van der Waals surface area contributed by atoms with Crippen molar-refractivity contribution in [3.05, 3.63) is 48.3 Å². The fourth-order valence-corrected chi connectivity index (χ4v) is 2.38. The van der Waals surface area contributed by atoms with Crippen LogP contribution in [0.5, 0.6) is 0 Å². The van der Waals surface area contributed by atoms with Gasteiger partial charge < -0.3 is 10.6 Å². The van der Waals surface area contributed by atoms with Crippen molar-refractivity contribution in [3.63, 3.8) is 0 Å². The summed E-state index contributed by atoms with van der Waals surface area (Å²) in [5, 5.41) is 5.82. The standard InChI is InChI=1S/C16H19N5O/c1-2-14-18-9-13(10-19-14)20-16(22)21-15(11-3-4-11)12-5-7-17-8-6-12/h5-11,15H,2-4H2,1H3,(H2,20,21,22). The summed E-state index contributed by atoms with van der Waals surface area (Å²) in [5.74, 6) is 1.27. The average Bonchev–Trinajstić information content (AvgIpc) is 3.39. The van der Waals surface area contributed by atoms with Crippen LogP contribution in [0.4, 0.5) is 10.5 Å². The van der Waals surface area contributed by atoms with Crippen LogP contribution in [0.2, 0.25) is 0 Å². The summed E-state index contributed by atoms with van der Waals surface area (Å²) in [5.41, 5.74) is 1.68. The number of rotatable bonds is 5. The first-order valence-electron chi connectivity index (χ1n) is 7.54. The lowest BCUT2D eigenvalue weighted by atomic mass is 10.0. The van der Waals surface area contributed by atoms with Crippen LogP contribution in [0.3, 0.4) is 0 Å². The van der Waals surface area contributed by atoms with Gasteiger partial charge in [-0.3, -0.25) is 4.98 Å². The zero-order valence-electron chi connectivity index (χ0n) is 12.5. The Kier molecular flexibility index (Phi) is 4.27. The third-order valence-corrected chi connectivity index (χ3v) is 3.72. The van der Waals surface area contributed by atoms with E-state index < -0.39 is 0 Å². The maximum Gasteiger partial charge on any atom is 0.319 e. The largest absolute Gasteiger partial charge is 0.331 e. The van der Waals surface area contributed by atoms with Crippen molar-refractivity contribution < 1.29 is 4.79 Å². The third kappa shape index (κ3) is 3.58. The van der Waals surface area contributed by atoms with Gasteiger partial charge >= 0.3 is 6.03 Å². The van der Waals surface area contributed by atoms with Gasteiger partial charge in [-0.2, -0.15) is 0 Å². The Hall–Kier alpha value is -2.50. The number of hydrogen-bond acceptors (Lipinski definition) is 4. The molecule has 3 rings (SSSR count). The molecule has 22 heavy (non-hydrogen) atoms. The van der Waals surface area contributed by atoms with E-state index >= 15 is 0 Å². The van der Waals surface area contributed by atoms with Crippen molar-refractivity contribution in [1.29, 1.82) is 0 Å². The maximum absolute atomic E-state index is 12.2. The van der Waals surface area contributed by atoms with Crippen LogP contribution in [0.1, 0.15) is 37.2 Å². The SMILES string of the molecule is CCc1ncc(NC(=O)NC(c2ccncc2)C2CC2)cn1. The normalized spacial score (nSPS) is 15.1. The lowest BCUT2D eigenvalue weighted by Crippen LogP contribution is -2.33. The molecule has 6 nitrogen and oxygen atoms in total. The Morgan fingerprint density at radius 1 is 1.27 bits per heavy atom. The van der Waals surface area contributed by atoms with Gasteiger partial charge in [0.15, 0.2) is 0 Å². The topological polar surface area (TPSA) is 79.8 Å². The van der Waals surface area contributed by atoms with Crippen LogP contribution in [0.15, 0.2) is 36.9 Å². The monoisotopic (exact) mass is 297 g/mol. The molecule has 1 unspecified atom stereocenters. The molecule has 2 N–H and O–H groups in total. The highest BCUT2D eigenvalue weighted by Gasteiger charge is 2.33. The fourth-order valence-electron chi connectivity index (χ4n) is 2.38. The minimum absolute atomic E-state index is 0.0267. The van der Waals surface area contributed by atoms with E-state index in [1.807, 2.05) is 19.1 Å². The zero-order chi connectivity index (χ0) is 15.4. The summed E-state index contributed by atoms with van der Waals surface area (Å²) in [6.07, 6.45) is 9.82. The van der Waals surface area contributed by atoms with Crippen LogP contribution in [-0.2, 0) is 6.42 Å². The smallest absolute Gasteiger partial charge is 0.319 e. The number of nitrogens with one attached hydrogen (secondary N) is 2. The highest BCUT2D eigenvalue weighted by Crippen LogP contribution is 2.40. The first kappa shape index (κ1) is 14.4. The van der Waals surface area contributed by atoms with E-state index in [1.54, 1.807) is 24.8 Å². The van der Waals surface area contributed by atoms with E-state index in [0.717, 1.165) is 30.7 Å². The number of aromatic nitrogens is 3. The minimum Gasteiger partial charge on any atom is -0.331 e. The van der Waals surface area contributed by atoms with Gasteiger partial charge in [0.1, 0.15) is 5.82 Å². The highest BCUT2D eigenvalue weighted by atomic mass is 16.2. The Morgan fingerprint density at radius 3 is 2.55 bits per heavy atom. The molecular formula is C16H19N5O. The summed E-state index contributed by atoms with van der Waals surface area (Å²) in [4.78, 5) is 24.6. The van der Waals surface area contributed by atoms with Gasteiger partial charge in [0, 0.05) is 18.8 Å². The fraction of sp³-hybridized carbons (Fsp3) is 0.375. The van der Waals surface area contributed by atoms with Gasteiger partial charge in [0.25, 0.3) is 0 Å². The summed E-state index contributed by atoms with van der Waals surface area (Å²) in [7, 11) is 0. The number of pyridine rings is 1. The predicted molar refractivity (Wildman–Crippen MR) is 83.3 cm³/mol. The quantitative estimate of drug-likeness (QED) is 0.889. The predicted octanol–water partition coefficient (Wildman–Crippen LogP) is 2.71. The molecule has 1 saturated carbocycles. The van der Waals surface area contributed by atoms with Gasteiger partial charge in [-0.1, -0.05) is 6.92 Å². The number of urea groups is 1. The molecule has 1 aliphatic carbocycles. The summed E-state index contributed by atoms with van der Waals surface area (Å²) < 4.78 is 0. The van der Waals surface area contributed by atoms with E-state index in [9.17, 15) is 4.79 Å². The van der Waals surface area contributed by atoms with Crippen molar-refractivity contribution in [2.75, 3.05) is 5.32 Å². The summed E-state index contributed by atoms with van der Waals surface area (Å²) in [6, 6.07) is 3.69. The summed E-state index contributed by atoms with van der Waals surface area (Å²) >= 11 is 0. The number of hydrogen-bond donors (Lipinski definition) is 2. The number of anilines is 1. The third-order valence-electron chi connectivity index (χ3n) is 3.72. The number of amides is 2. The second kappa shape index (κ2) is 6.51. The van der Waals surface area contributed by atoms with Gasteiger partial charge in [-0.25, -0.2) is 14.8 Å². The van der Waals surface area contributed by atoms with E-state index in [0.29, 0.717) is 11.6 Å². The van der Waals surface area contributed by atoms with Crippen molar-refractivity contribution in [2.45, 2.75) is 32.2 Å². The molecule has 0 bridgehead atoms. The second-order valence-electron chi connectivity index (χ2n) is 5.44. The molecule has 2 amide bonds. The Labute approximate surface area is 129 Å². The van der Waals surface area contributed by atoms with Gasteiger partial charge in [0.2, 0.25) is 0 Å². The number of aryl methyl sites for hydroxylation is 1. The first-order chi connectivity index (χ1) is 10.8. The zero-order valence-corrected chi connectivity index (χ0v) is 12.5. The van der Waals surface area contributed by atoms with Crippen molar-refractivity contribution in [3.8, 4) is 0 Å². The molecule has 0 aromatic carbocycles. The molecule has 0 aliphatic heterocycles. The molecule has 1 fully saturated rings. The molecular weight excluding hydrogens is 278 g/mol. The van der Waals surface area contributed by atoms with Crippen LogP contribution < -0.4 is 10.6 Å². The van der Waals surface area contributed by atoms with Gasteiger partial charge in [-0.15, -0.1) is 0 Å². The molecule has 0 radical (unpaired) electrons.